The number of benzene rings is 2. The van der Waals surface area contributed by atoms with Gasteiger partial charge in [-0.15, -0.1) is 0 Å². The summed E-state index contributed by atoms with van der Waals surface area (Å²) in [5.41, 5.74) is 6.70. The van der Waals surface area contributed by atoms with Crippen LogP contribution in [0.15, 0.2) is 30.3 Å². The average molecular weight is 257 g/mol. The zero-order valence-corrected chi connectivity index (χ0v) is 10.6. The largest absolute Gasteiger partial charge is 0.478 e. The molecular formula is C15H15NO3. The first kappa shape index (κ1) is 13.1. The van der Waals surface area contributed by atoms with Crippen molar-refractivity contribution in [2.24, 2.45) is 5.73 Å². The lowest BCUT2D eigenvalue weighted by atomic mass is 9.92. The van der Waals surface area contributed by atoms with Gasteiger partial charge in [0.1, 0.15) is 0 Å². The summed E-state index contributed by atoms with van der Waals surface area (Å²) < 4.78 is 0. The van der Waals surface area contributed by atoms with Gasteiger partial charge in [-0.2, -0.15) is 0 Å². The van der Waals surface area contributed by atoms with Crippen LogP contribution in [0.25, 0.3) is 10.8 Å². The summed E-state index contributed by atoms with van der Waals surface area (Å²) in [5, 5.41) is 10.4. The topological polar surface area (TPSA) is 80.4 Å². The van der Waals surface area contributed by atoms with Crippen LogP contribution >= 0.6 is 0 Å². The van der Waals surface area contributed by atoms with Crippen molar-refractivity contribution in [1.29, 1.82) is 0 Å². The number of primary amides is 1. The fourth-order valence-corrected chi connectivity index (χ4v) is 2.36. The van der Waals surface area contributed by atoms with Gasteiger partial charge in [-0.1, -0.05) is 37.6 Å². The van der Waals surface area contributed by atoms with Crippen molar-refractivity contribution in [3.8, 4) is 0 Å². The standard InChI is InChI=1S/C15H15NO3/c1-2-4-9-7-8-10-5-3-6-11(15(18)19)12(10)13(9)14(16)17/h3,5-8H,2,4H2,1H3,(H2,16,17)(H,18,19). The Balaban J connectivity index is 2.89. The third-order valence-electron chi connectivity index (χ3n) is 3.13. The Morgan fingerprint density at radius 1 is 1.21 bits per heavy atom. The highest BCUT2D eigenvalue weighted by Gasteiger charge is 2.18. The molecule has 3 N–H and O–H groups in total. The molecule has 0 saturated heterocycles. The van der Waals surface area contributed by atoms with Gasteiger partial charge in [0.05, 0.1) is 11.1 Å². The van der Waals surface area contributed by atoms with E-state index in [1.54, 1.807) is 12.1 Å². The maximum Gasteiger partial charge on any atom is 0.336 e. The second kappa shape index (κ2) is 5.10. The molecule has 0 saturated carbocycles. The van der Waals surface area contributed by atoms with Crippen LogP contribution in [0, 0.1) is 0 Å². The summed E-state index contributed by atoms with van der Waals surface area (Å²) in [5.74, 6) is -1.63. The third-order valence-corrected chi connectivity index (χ3v) is 3.13. The Morgan fingerprint density at radius 3 is 2.53 bits per heavy atom. The monoisotopic (exact) mass is 257 g/mol. The molecule has 1 amide bonds. The molecule has 0 fully saturated rings. The third kappa shape index (κ3) is 2.29. The van der Waals surface area contributed by atoms with Crippen LogP contribution in [0.1, 0.15) is 39.6 Å². The number of aromatic carboxylic acids is 1. The van der Waals surface area contributed by atoms with E-state index in [1.165, 1.54) is 6.07 Å². The van der Waals surface area contributed by atoms with Crippen LogP contribution in [0.4, 0.5) is 0 Å². The fraction of sp³-hybridized carbons (Fsp3) is 0.200. The lowest BCUT2D eigenvalue weighted by Gasteiger charge is -2.11. The summed E-state index contributed by atoms with van der Waals surface area (Å²) >= 11 is 0. The van der Waals surface area contributed by atoms with E-state index in [1.807, 2.05) is 19.1 Å². The predicted octanol–water partition coefficient (Wildman–Crippen LogP) is 2.59. The van der Waals surface area contributed by atoms with Crippen molar-refractivity contribution in [2.45, 2.75) is 19.8 Å². The number of carboxylic acid groups (broad SMARTS) is 1. The molecule has 0 atom stereocenters. The van der Waals surface area contributed by atoms with Gasteiger partial charge in [-0.25, -0.2) is 4.79 Å². The van der Waals surface area contributed by atoms with Crippen molar-refractivity contribution in [3.63, 3.8) is 0 Å². The second-order valence-electron chi connectivity index (χ2n) is 4.42. The van der Waals surface area contributed by atoms with Crippen LogP contribution in [-0.2, 0) is 6.42 Å². The van der Waals surface area contributed by atoms with Gasteiger partial charge in [0, 0.05) is 5.39 Å². The van der Waals surface area contributed by atoms with Crippen LogP contribution in [-0.4, -0.2) is 17.0 Å². The minimum Gasteiger partial charge on any atom is -0.478 e. The first-order valence-electron chi connectivity index (χ1n) is 6.14. The molecule has 4 nitrogen and oxygen atoms in total. The number of hydrogen-bond donors (Lipinski definition) is 2. The van der Waals surface area contributed by atoms with E-state index in [0.29, 0.717) is 22.8 Å². The van der Waals surface area contributed by atoms with Crippen LogP contribution in [0.3, 0.4) is 0 Å². The summed E-state index contributed by atoms with van der Waals surface area (Å²) in [6.45, 7) is 2.00. The molecule has 0 spiro atoms. The molecule has 0 aromatic heterocycles. The Morgan fingerprint density at radius 2 is 1.95 bits per heavy atom. The zero-order chi connectivity index (χ0) is 14.0. The number of rotatable bonds is 4. The quantitative estimate of drug-likeness (QED) is 0.883. The highest BCUT2D eigenvalue weighted by atomic mass is 16.4. The van der Waals surface area contributed by atoms with Gasteiger partial charge >= 0.3 is 5.97 Å². The summed E-state index contributed by atoms with van der Waals surface area (Å²) in [6, 6.07) is 8.61. The van der Waals surface area contributed by atoms with E-state index in [2.05, 4.69) is 0 Å². The van der Waals surface area contributed by atoms with Crippen LogP contribution in [0.5, 0.6) is 0 Å². The Bertz CT molecular complexity index is 662. The van der Waals surface area contributed by atoms with E-state index in [0.717, 1.165) is 12.0 Å². The molecule has 4 heteroatoms. The summed E-state index contributed by atoms with van der Waals surface area (Å²) in [7, 11) is 0. The van der Waals surface area contributed by atoms with Crippen molar-refractivity contribution >= 4 is 22.6 Å². The first-order chi connectivity index (χ1) is 9.06. The molecule has 2 aromatic rings. The maximum atomic E-state index is 11.7. The predicted molar refractivity (Wildman–Crippen MR) is 73.4 cm³/mol. The van der Waals surface area contributed by atoms with E-state index in [4.69, 9.17) is 5.73 Å². The molecule has 2 rings (SSSR count). The highest BCUT2D eigenvalue weighted by molar-refractivity contribution is 6.14. The van der Waals surface area contributed by atoms with Gasteiger partial charge in [-0.05, 0) is 23.4 Å². The van der Waals surface area contributed by atoms with Crippen molar-refractivity contribution in [2.75, 3.05) is 0 Å². The van der Waals surface area contributed by atoms with Gasteiger partial charge in [0.25, 0.3) is 0 Å². The lowest BCUT2D eigenvalue weighted by Crippen LogP contribution is -2.16. The van der Waals surface area contributed by atoms with Gasteiger partial charge in [0.2, 0.25) is 5.91 Å². The van der Waals surface area contributed by atoms with E-state index < -0.39 is 11.9 Å². The molecule has 98 valence electrons. The summed E-state index contributed by atoms with van der Waals surface area (Å²) in [6.07, 6.45) is 1.56. The van der Waals surface area contributed by atoms with Crippen molar-refractivity contribution in [1.82, 2.24) is 0 Å². The van der Waals surface area contributed by atoms with Gasteiger partial charge in [0.15, 0.2) is 0 Å². The molecule has 19 heavy (non-hydrogen) atoms. The second-order valence-corrected chi connectivity index (χ2v) is 4.42. The molecule has 0 radical (unpaired) electrons. The fourth-order valence-electron chi connectivity index (χ4n) is 2.36. The number of carboxylic acids is 1. The number of hydrogen-bond acceptors (Lipinski definition) is 2. The number of aryl methyl sites for hydroxylation is 1. The SMILES string of the molecule is CCCc1ccc2cccc(C(=O)O)c2c1C(N)=O. The molecule has 2 aromatic carbocycles. The van der Waals surface area contributed by atoms with Crippen LogP contribution < -0.4 is 5.73 Å². The van der Waals surface area contributed by atoms with Gasteiger partial charge < -0.3 is 10.8 Å². The normalized spacial score (nSPS) is 10.6. The molecule has 0 bridgehead atoms. The number of carbonyl (C=O) groups excluding carboxylic acids is 1. The molecule has 0 heterocycles. The molecule has 0 aliphatic rings. The van der Waals surface area contributed by atoms with E-state index >= 15 is 0 Å². The Labute approximate surface area is 110 Å². The van der Waals surface area contributed by atoms with E-state index in [9.17, 15) is 14.7 Å². The summed E-state index contributed by atoms with van der Waals surface area (Å²) in [4.78, 5) is 23.0. The van der Waals surface area contributed by atoms with Crippen LogP contribution in [0.2, 0.25) is 0 Å². The zero-order valence-electron chi connectivity index (χ0n) is 10.6. The molecule has 0 aliphatic carbocycles. The van der Waals surface area contributed by atoms with Crippen molar-refractivity contribution < 1.29 is 14.7 Å². The first-order valence-corrected chi connectivity index (χ1v) is 6.14. The molecule has 0 aliphatic heterocycles. The maximum absolute atomic E-state index is 11.7. The average Bonchev–Trinajstić information content (AvgIpc) is 2.37. The smallest absolute Gasteiger partial charge is 0.336 e. The minimum absolute atomic E-state index is 0.115. The number of fused-ring (bicyclic) bond motifs is 1. The van der Waals surface area contributed by atoms with E-state index in [-0.39, 0.29) is 5.56 Å². The lowest BCUT2D eigenvalue weighted by molar-refractivity contribution is 0.0699. The highest BCUT2D eigenvalue weighted by Crippen LogP contribution is 2.27. The number of nitrogens with two attached hydrogens (primary N) is 1. The molecular weight excluding hydrogens is 242 g/mol. The number of carbonyl (C=O) groups is 2. The van der Waals surface area contributed by atoms with Gasteiger partial charge in [-0.3, -0.25) is 4.79 Å². The minimum atomic E-state index is -1.05. The van der Waals surface area contributed by atoms with Crippen molar-refractivity contribution in [3.05, 3.63) is 47.0 Å². The Kier molecular flexibility index (Phi) is 3.51. The Hall–Kier alpha value is -2.36. The molecule has 0 unspecified atom stereocenters. The number of amides is 1.